The number of H-pyrrole nitrogens is 1. The van der Waals surface area contributed by atoms with E-state index in [0.29, 0.717) is 30.4 Å². The molecule has 38 heavy (non-hydrogen) atoms. The number of methoxy groups -OCH3 is 1. The smallest absolute Gasteiger partial charge is 0.327 e. The van der Waals surface area contributed by atoms with E-state index in [4.69, 9.17) is 9.47 Å². The van der Waals surface area contributed by atoms with Crippen LogP contribution in [0.3, 0.4) is 0 Å². The molecule has 0 saturated carbocycles. The lowest BCUT2D eigenvalue weighted by Gasteiger charge is -2.41. The number of hydrogen-bond donors (Lipinski definition) is 4. The lowest BCUT2D eigenvalue weighted by Crippen LogP contribution is -2.56. The molecule has 1 fully saturated rings. The van der Waals surface area contributed by atoms with Crippen molar-refractivity contribution in [1.29, 1.82) is 0 Å². The van der Waals surface area contributed by atoms with Gasteiger partial charge in [0.25, 0.3) is 5.69 Å². The van der Waals surface area contributed by atoms with Gasteiger partial charge < -0.3 is 25.3 Å². The van der Waals surface area contributed by atoms with Gasteiger partial charge in [0.15, 0.2) is 5.69 Å². The van der Waals surface area contributed by atoms with Crippen LogP contribution >= 0.6 is 0 Å². The van der Waals surface area contributed by atoms with Gasteiger partial charge in [-0.1, -0.05) is 30.3 Å². The second-order valence-corrected chi connectivity index (χ2v) is 9.80. The van der Waals surface area contributed by atoms with E-state index in [2.05, 4.69) is 41.6 Å². The molecular weight excluding hydrogens is 480 g/mol. The molecule has 196 valence electrons. The van der Waals surface area contributed by atoms with Crippen LogP contribution < -0.4 is 20.1 Å². The fraction of sp³-hybridized carbons (Fsp3) is 0.267. The third kappa shape index (κ3) is 4.31. The minimum Gasteiger partial charge on any atom is -0.496 e. The fourth-order valence-corrected chi connectivity index (χ4v) is 5.16. The molecule has 1 amide bonds. The molecule has 0 unspecified atom stereocenters. The van der Waals surface area contributed by atoms with Gasteiger partial charge in [0.05, 0.1) is 31.4 Å². The summed E-state index contributed by atoms with van der Waals surface area (Å²) in [7, 11) is 3.54. The summed E-state index contributed by atoms with van der Waals surface area (Å²) in [6.45, 7) is 7.03. The van der Waals surface area contributed by atoms with Crippen molar-refractivity contribution in [3.8, 4) is 28.3 Å². The number of aromatic amines is 1. The van der Waals surface area contributed by atoms with E-state index in [1.165, 1.54) is 0 Å². The Balaban J connectivity index is 1.49. The summed E-state index contributed by atoms with van der Waals surface area (Å²) in [5, 5.41) is 17.4. The van der Waals surface area contributed by atoms with Gasteiger partial charge in [-0.05, 0) is 78.2 Å². The average Bonchev–Trinajstić information content (AvgIpc) is 3.17. The second kappa shape index (κ2) is 9.96. The lowest BCUT2D eigenvalue weighted by molar-refractivity contribution is -0.896. The van der Waals surface area contributed by atoms with Crippen molar-refractivity contribution in [2.75, 3.05) is 32.7 Å². The van der Waals surface area contributed by atoms with Gasteiger partial charge in [0.2, 0.25) is 0 Å². The summed E-state index contributed by atoms with van der Waals surface area (Å²) in [4.78, 5) is 16.5. The van der Waals surface area contributed by atoms with Crippen LogP contribution in [0.25, 0.3) is 22.5 Å². The normalized spacial score (nSPS) is 14.1. The first-order valence-corrected chi connectivity index (χ1v) is 12.6. The van der Waals surface area contributed by atoms with Crippen molar-refractivity contribution in [3.05, 3.63) is 88.7 Å². The number of nitrogens with one attached hydrogen (secondary N) is 3. The molecule has 3 aromatic carbocycles. The highest BCUT2D eigenvalue weighted by Crippen LogP contribution is 2.37. The summed E-state index contributed by atoms with van der Waals surface area (Å²) < 4.78 is 12.0. The fourth-order valence-electron chi connectivity index (χ4n) is 5.16. The topological polar surface area (TPSA) is 99.5 Å². The van der Waals surface area contributed by atoms with Crippen LogP contribution in [0.4, 0.5) is 5.69 Å². The number of carbonyl (C=O) groups excluding carboxylic acids is 1. The zero-order valence-corrected chi connectivity index (χ0v) is 22.3. The monoisotopic (exact) mass is 513 g/mol. The minimum atomic E-state index is -0.420. The number of nitrogens with zero attached hydrogens (tertiary/aromatic N) is 1. The maximum absolute atomic E-state index is 13.3. The highest BCUT2D eigenvalue weighted by molar-refractivity contribution is 6.02. The molecule has 1 aliphatic heterocycles. The largest absolute Gasteiger partial charge is 0.496 e. The van der Waals surface area contributed by atoms with Gasteiger partial charge in [0, 0.05) is 18.2 Å². The Morgan fingerprint density at radius 2 is 1.76 bits per heavy atom. The van der Waals surface area contributed by atoms with E-state index < -0.39 is 5.91 Å². The summed E-state index contributed by atoms with van der Waals surface area (Å²) >= 11 is 0. The molecule has 1 aliphatic rings. The Labute approximate surface area is 222 Å². The van der Waals surface area contributed by atoms with Gasteiger partial charge in [-0.25, -0.2) is 4.98 Å². The molecule has 8 nitrogen and oxygen atoms in total. The Morgan fingerprint density at radius 3 is 2.39 bits per heavy atom. The molecule has 0 radical (unpaired) electrons. The number of rotatable bonds is 7. The predicted molar refractivity (Wildman–Crippen MR) is 146 cm³/mol. The van der Waals surface area contributed by atoms with Gasteiger partial charge in [-0.2, -0.15) is 0 Å². The minimum absolute atomic E-state index is 0.130. The van der Waals surface area contributed by atoms with Gasteiger partial charge in [-0.3, -0.25) is 4.79 Å². The van der Waals surface area contributed by atoms with Crippen molar-refractivity contribution < 1.29 is 24.2 Å². The second-order valence-electron chi connectivity index (χ2n) is 9.80. The van der Waals surface area contributed by atoms with E-state index in [9.17, 15) is 10.0 Å². The number of amides is 1. The summed E-state index contributed by atoms with van der Waals surface area (Å²) in [6, 6.07) is 19.5. The number of hydrogen-bond acceptors (Lipinski definition) is 5. The number of carbonyl (C=O) groups is 1. The zero-order valence-electron chi connectivity index (χ0n) is 22.3. The summed E-state index contributed by atoms with van der Waals surface area (Å²) in [5.41, 5.74) is 7.04. The van der Waals surface area contributed by atoms with Crippen molar-refractivity contribution in [3.63, 3.8) is 0 Å². The molecule has 0 atom stereocenters. The van der Waals surface area contributed by atoms with Crippen molar-refractivity contribution in [1.82, 2.24) is 10.3 Å². The van der Waals surface area contributed by atoms with Crippen LogP contribution in [0.5, 0.6) is 5.75 Å². The number of benzene rings is 3. The first-order valence-electron chi connectivity index (χ1n) is 12.6. The molecule has 1 saturated heterocycles. The Hall–Kier alpha value is -4.14. The third-order valence-electron chi connectivity index (χ3n) is 7.37. The van der Waals surface area contributed by atoms with E-state index in [1.807, 2.05) is 55.6 Å². The standard InChI is InChI=1S/C30H32N4O4/c1-18-8-6-9-19(2)26(18)24-14-21(12-13-25(24)37-5)28-32-20(3)27(34(28)36)29(35)33-23-11-7-10-22(15-23)30(31-4)16-38-17-30/h6-15,31,36H,16-17H2,1-5H3,(H,33,35)/p+1. The van der Waals surface area contributed by atoms with Crippen LogP contribution in [0.2, 0.25) is 0 Å². The zero-order chi connectivity index (χ0) is 27.0. The van der Waals surface area contributed by atoms with Crippen molar-refractivity contribution in [2.45, 2.75) is 26.3 Å². The number of likely N-dealkylation sites (N-methyl/N-ethyl adjacent to an activating group) is 1. The molecule has 4 N–H and O–H groups in total. The highest BCUT2D eigenvalue weighted by atomic mass is 16.5. The van der Waals surface area contributed by atoms with Crippen molar-refractivity contribution in [2.24, 2.45) is 0 Å². The van der Waals surface area contributed by atoms with E-state index >= 15 is 0 Å². The maximum Gasteiger partial charge on any atom is 0.327 e. The predicted octanol–water partition coefficient (Wildman–Crippen LogP) is 4.50. The third-order valence-corrected chi connectivity index (χ3v) is 7.37. The molecular formula is C30H33N4O4+. The van der Waals surface area contributed by atoms with Gasteiger partial charge >= 0.3 is 11.7 Å². The molecule has 0 spiro atoms. The van der Waals surface area contributed by atoms with Crippen LogP contribution in [-0.4, -0.2) is 43.5 Å². The van der Waals surface area contributed by atoms with E-state index in [-0.39, 0.29) is 11.2 Å². The highest BCUT2D eigenvalue weighted by Gasteiger charge is 2.39. The first kappa shape index (κ1) is 25.5. The average molecular weight is 514 g/mol. The van der Waals surface area contributed by atoms with Gasteiger partial charge in [-0.15, -0.1) is 0 Å². The Morgan fingerprint density at radius 1 is 1.05 bits per heavy atom. The number of ether oxygens (including phenoxy) is 2. The SMILES string of the molecule is CNC1(c2cccc(NC(=O)c3c(C)[nH]c(-c4ccc(OC)c(-c5c(C)cccc5C)c4)[n+]3O)c2)COC1. The molecule has 2 heterocycles. The Bertz CT molecular complexity index is 1500. The molecule has 4 aromatic rings. The van der Waals surface area contributed by atoms with Crippen LogP contribution in [0.1, 0.15) is 32.9 Å². The molecule has 1 aromatic heterocycles. The summed E-state index contributed by atoms with van der Waals surface area (Å²) in [5.74, 6) is 0.710. The number of aromatic nitrogens is 2. The van der Waals surface area contributed by atoms with Crippen LogP contribution in [0.15, 0.2) is 60.7 Å². The lowest BCUT2D eigenvalue weighted by atomic mass is 9.88. The van der Waals surface area contributed by atoms with E-state index in [1.54, 1.807) is 14.0 Å². The Kier molecular flexibility index (Phi) is 6.69. The van der Waals surface area contributed by atoms with Crippen molar-refractivity contribution >= 4 is 11.6 Å². The van der Waals surface area contributed by atoms with Crippen LogP contribution in [-0.2, 0) is 10.3 Å². The van der Waals surface area contributed by atoms with Gasteiger partial charge in [0.1, 0.15) is 5.75 Å². The molecule has 5 rings (SSSR count). The number of aryl methyl sites for hydroxylation is 3. The maximum atomic E-state index is 13.3. The molecule has 8 heteroatoms. The summed E-state index contributed by atoms with van der Waals surface area (Å²) in [6.07, 6.45) is 0. The quantitative estimate of drug-likeness (QED) is 0.215. The van der Waals surface area contributed by atoms with E-state index in [0.717, 1.165) is 43.9 Å². The first-order chi connectivity index (χ1) is 18.3. The van der Waals surface area contributed by atoms with Crippen LogP contribution in [0, 0.1) is 20.8 Å². The molecule has 0 aliphatic carbocycles. The number of imidazole rings is 1. The molecule has 0 bridgehead atoms. The number of anilines is 1.